The molecule has 1 unspecified atom stereocenters. The van der Waals surface area contributed by atoms with Gasteiger partial charge >= 0.3 is 0 Å². The molecule has 5 nitrogen and oxygen atoms in total. The van der Waals surface area contributed by atoms with Crippen molar-refractivity contribution in [3.63, 3.8) is 0 Å². The molecule has 1 aliphatic carbocycles. The molecular weight excluding hydrogens is 244 g/mol. The van der Waals surface area contributed by atoms with Gasteiger partial charge in [0.25, 0.3) is 0 Å². The molecule has 5 heteroatoms. The predicted octanol–water partition coefficient (Wildman–Crippen LogP) is 1.07. The maximum absolute atomic E-state index is 12.1. The predicted molar refractivity (Wildman–Crippen MR) is 71.6 cm³/mol. The molecule has 1 saturated carbocycles. The van der Waals surface area contributed by atoms with Crippen molar-refractivity contribution >= 4 is 11.8 Å². The van der Waals surface area contributed by atoms with Crippen LogP contribution in [-0.2, 0) is 14.3 Å². The van der Waals surface area contributed by atoms with Gasteiger partial charge in [-0.15, -0.1) is 0 Å². The Morgan fingerprint density at radius 2 is 1.95 bits per heavy atom. The molecule has 108 valence electrons. The van der Waals surface area contributed by atoms with Gasteiger partial charge in [-0.25, -0.2) is 0 Å². The van der Waals surface area contributed by atoms with Crippen molar-refractivity contribution in [2.24, 2.45) is 0 Å². The Balaban J connectivity index is 1.86. The smallest absolute Gasteiger partial charge is 0.249 e. The molecule has 0 bridgehead atoms. The third-order valence-corrected chi connectivity index (χ3v) is 3.43. The number of hydrogen-bond donors (Lipinski definition) is 1. The Hall–Kier alpha value is -1.10. The van der Waals surface area contributed by atoms with Crippen LogP contribution in [0.1, 0.15) is 46.5 Å². The van der Waals surface area contributed by atoms with Crippen LogP contribution in [-0.4, -0.2) is 47.6 Å². The highest BCUT2D eigenvalue weighted by Gasteiger charge is 2.36. The SMILES string of the molecule is CC(C)(C)OCC(=O)N1CCCC1C(=O)NC1CC1. The minimum absolute atomic E-state index is 0.00380. The number of nitrogens with zero attached hydrogens (tertiary/aromatic N) is 1. The third-order valence-electron chi connectivity index (χ3n) is 3.43. The molecule has 0 aromatic heterocycles. The van der Waals surface area contributed by atoms with Gasteiger partial charge in [0.05, 0.1) is 5.60 Å². The summed E-state index contributed by atoms with van der Waals surface area (Å²) in [6, 6.07) is 0.0487. The van der Waals surface area contributed by atoms with Crippen LogP contribution in [0.25, 0.3) is 0 Å². The topological polar surface area (TPSA) is 58.6 Å². The van der Waals surface area contributed by atoms with E-state index in [9.17, 15) is 9.59 Å². The van der Waals surface area contributed by atoms with E-state index in [0.29, 0.717) is 12.6 Å². The standard InChI is InChI=1S/C14H24N2O3/c1-14(2,3)19-9-12(17)16-8-4-5-11(16)13(18)15-10-6-7-10/h10-11H,4-9H2,1-3H3,(H,15,18). The molecule has 0 radical (unpaired) electrons. The summed E-state index contributed by atoms with van der Waals surface area (Å²) in [5.41, 5.74) is -0.332. The zero-order valence-electron chi connectivity index (χ0n) is 12.1. The monoisotopic (exact) mass is 268 g/mol. The number of amides is 2. The van der Waals surface area contributed by atoms with Crippen LogP contribution in [0.2, 0.25) is 0 Å². The average Bonchev–Trinajstić information content (AvgIpc) is 2.98. The Bertz CT molecular complexity index is 358. The third kappa shape index (κ3) is 4.20. The first-order valence-corrected chi connectivity index (χ1v) is 7.10. The van der Waals surface area contributed by atoms with Crippen molar-refractivity contribution in [1.29, 1.82) is 0 Å². The lowest BCUT2D eigenvalue weighted by Crippen LogP contribution is -2.48. The highest BCUT2D eigenvalue weighted by molar-refractivity contribution is 5.89. The van der Waals surface area contributed by atoms with Crippen LogP contribution < -0.4 is 5.32 Å². The molecule has 1 heterocycles. The van der Waals surface area contributed by atoms with Gasteiger partial charge in [0, 0.05) is 12.6 Å². The van der Waals surface area contributed by atoms with Crippen molar-refractivity contribution < 1.29 is 14.3 Å². The van der Waals surface area contributed by atoms with Gasteiger partial charge in [0.1, 0.15) is 12.6 Å². The molecule has 2 rings (SSSR count). The fourth-order valence-corrected chi connectivity index (χ4v) is 2.22. The first-order valence-electron chi connectivity index (χ1n) is 7.10. The van der Waals surface area contributed by atoms with Crippen molar-refractivity contribution in [1.82, 2.24) is 10.2 Å². The molecule has 2 fully saturated rings. The van der Waals surface area contributed by atoms with E-state index in [-0.39, 0.29) is 30.1 Å². The number of rotatable bonds is 4. The van der Waals surface area contributed by atoms with E-state index in [4.69, 9.17) is 4.74 Å². The van der Waals surface area contributed by atoms with Gasteiger partial charge in [-0.05, 0) is 46.5 Å². The fourth-order valence-electron chi connectivity index (χ4n) is 2.22. The minimum Gasteiger partial charge on any atom is -0.366 e. The van der Waals surface area contributed by atoms with Gasteiger partial charge in [-0.2, -0.15) is 0 Å². The van der Waals surface area contributed by atoms with Gasteiger partial charge in [0.2, 0.25) is 11.8 Å². The summed E-state index contributed by atoms with van der Waals surface area (Å²) in [7, 11) is 0. The molecule has 0 spiro atoms. The summed E-state index contributed by atoms with van der Waals surface area (Å²) in [4.78, 5) is 25.9. The number of carbonyl (C=O) groups is 2. The fraction of sp³-hybridized carbons (Fsp3) is 0.857. The second kappa shape index (κ2) is 5.49. The van der Waals surface area contributed by atoms with E-state index in [1.807, 2.05) is 20.8 Å². The molecular formula is C14H24N2O3. The largest absolute Gasteiger partial charge is 0.366 e. The zero-order chi connectivity index (χ0) is 14.0. The highest BCUT2D eigenvalue weighted by Crippen LogP contribution is 2.22. The lowest BCUT2D eigenvalue weighted by atomic mass is 10.2. The number of carbonyl (C=O) groups excluding carboxylic acids is 2. The minimum atomic E-state index is -0.332. The van der Waals surface area contributed by atoms with Gasteiger partial charge in [-0.3, -0.25) is 9.59 Å². The molecule has 2 amide bonds. The molecule has 0 aromatic carbocycles. The van der Waals surface area contributed by atoms with Crippen molar-refractivity contribution in [3.05, 3.63) is 0 Å². The van der Waals surface area contributed by atoms with E-state index >= 15 is 0 Å². The number of nitrogens with one attached hydrogen (secondary N) is 1. The summed E-state index contributed by atoms with van der Waals surface area (Å²) in [5, 5.41) is 2.98. The maximum atomic E-state index is 12.1. The Labute approximate surface area is 114 Å². The molecule has 1 saturated heterocycles. The number of hydrogen-bond acceptors (Lipinski definition) is 3. The molecule has 1 aliphatic heterocycles. The summed E-state index contributed by atoms with van der Waals surface area (Å²) in [6.07, 6.45) is 3.79. The van der Waals surface area contributed by atoms with Gasteiger partial charge in [-0.1, -0.05) is 0 Å². The first-order chi connectivity index (χ1) is 8.87. The molecule has 19 heavy (non-hydrogen) atoms. The van der Waals surface area contributed by atoms with E-state index in [1.165, 1.54) is 0 Å². The lowest BCUT2D eigenvalue weighted by molar-refractivity contribution is -0.145. The first kappa shape index (κ1) is 14.3. The van der Waals surface area contributed by atoms with Gasteiger partial charge in [0.15, 0.2) is 0 Å². The Morgan fingerprint density at radius 3 is 2.53 bits per heavy atom. The van der Waals surface area contributed by atoms with Crippen LogP contribution in [0.4, 0.5) is 0 Å². The number of likely N-dealkylation sites (tertiary alicyclic amines) is 1. The summed E-state index contributed by atoms with van der Waals surface area (Å²) in [5.74, 6) is -0.0764. The van der Waals surface area contributed by atoms with Crippen LogP contribution in [0.3, 0.4) is 0 Å². The second-order valence-corrected chi connectivity index (χ2v) is 6.43. The Morgan fingerprint density at radius 1 is 1.26 bits per heavy atom. The average molecular weight is 268 g/mol. The van der Waals surface area contributed by atoms with Crippen LogP contribution in [0, 0.1) is 0 Å². The van der Waals surface area contributed by atoms with Crippen molar-refractivity contribution in [2.45, 2.75) is 64.1 Å². The zero-order valence-corrected chi connectivity index (χ0v) is 12.1. The summed E-state index contributed by atoms with van der Waals surface area (Å²) < 4.78 is 5.50. The summed E-state index contributed by atoms with van der Waals surface area (Å²) >= 11 is 0. The molecule has 2 aliphatic rings. The quantitative estimate of drug-likeness (QED) is 0.829. The molecule has 1 atom stereocenters. The highest BCUT2D eigenvalue weighted by atomic mass is 16.5. The summed E-state index contributed by atoms with van der Waals surface area (Å²) in [6.45, 7) is 6.47. The van der Waals surface area contributed by atoms with E-state index in [0.717, 1.165) is 25.7 Å². The normalized spacial score (nSPS) is 23.5. The molecule has 0 aromatic rings. The molecule has 1 N–H and O–H groups in total. The van der Waals surface area contributed by atoms with Crippen LogP contribution in [0.5, 0.6) is 0 Å². The van der Waals surface area contributed by atoms with E-state index in [1.54, 1.807) is 4.90 Å². The second-order valence-electron chi connectivity index (χ2n) is 6.43. The van der Waals surface area contributed by atoms with Crippen LogP contribution >= 0.6 is 0 Å². The van der Waals surface area contributed by atoms with Gasteiger partial charge < -0.3 is 15.0 Å². The van der Waals surface area contributed by atoms with E-state index < -0.39 is 0 Å². The van der Waals surface area contributed by atoms with Crippen molar-refractivity contribution in [2.75, 3.05) is 13.2 Å². The number of ether oxygens (including phenoxy) is 1. The van der Waals surface area contributed by atoms with E-state index in [2.05, 4.69) is 5.32 Å². The maximum Gasteiger partial charge on any atom is 0.249 e. The van der Waals surface area contributed by atoms with Crippen molar-refractivity contribution in [3.8, 4) is 0 Å². The lowest BCUT2D eigenvalue weighted by Gasteiger charge is -2.26. The van der Waals surface area contributed by atoms with Crippen LogP contribution in [0.15, 0.2) is 0 Å². The Kier molecular flexibility index (Phi) is 4.13.